The molecule has 0 aliphatic heterocycles. The molecule has 0 saturated carbocycles. The van der Waals surface area contributed by atoms with Crippen molar-refractivity contribution in [1.29, 1.82) is 0 Å². The average molecular weight is 406 g/mol. The number of hydrogen-bond acceptors (Lipinski definition) is 5. The lowest BCUT2D eigenvalue weighted by atomic mass is 10.1. The highest BCUT2D eigenvalue weighted by Gasteiger charge is 2.20. The zero-order chi connectivity index (χ0) is 21.1. The van der Waals surface area contributed by atoms with Crippen LogP contribution in [0.25, 0.3) is 0 Å². The number of anilines is 2. The van der Waals surface area contributed by atoms with Gasteiger partial charge in [-0.25, -0.2) is 12.7 Å². The Morgan fingerprint density at radius 1 is 1.07 bits per heavy atom. The van der Waals surface area contributed by atoms with Crippen LogP contribution in [0.15, 0.2) is 41.3 Å². The SMILES string of the molecule is COc1ccc(C)cc1NC(C)C(=O)Nc1cc(S(=O)(=O)N(C)C)ccc1C. The number of sulfonamides is 1. The number of aryl methyl sites for hydroxylation is 2. The molecule has 0 aromatic heterocycles. The zero-order valence-electron chi connectivity index (χ0n) is 17.0. The smallest absolute Gasteiger partial charge is 0.246 e. The lowest BCUT2D eigenvalue weighted by Gasteiger charge is -2.19. The number of amides is 1. The van der Waals surface area contributed by atoms with Crippen molar-refractivity contribution in [1.82, 2.24) is 4.31 Å². The molecule has 152 valence electrons. The molecule has 1 atom stereocenters. The van der Waals surface area contributed by atoms with E-state index in [9.17, 15) is 13.2 Å². The molecule has 0 saturated heterocycles. The van der Waals surface area contributed by atoms with Gasteiger partial charge < -0.3 is 15.4 Å². The van der Waals surface area contributed by atoms with Crippen LogP contribution in [-0.4, -0.2) is 45.9 Å². The van der Waals surface area contributed by atoms with Gasteiger partial charge in [0, 0.05) is 19.8 Å². The van der Waals surface area contributed by atoms with E-state index in [1.165, 1.54) is 26.2 Å². The lowest BCUT2D eigenvalue weighted by molar-refractivity contribution is -0.116. The number of carbonyl (C=O) groups excluding carboxylic acids is 1. The zero-order valence-corrected chi connectivity index (χ0v) is 17.8. The molecular formula is C20H27N3O4S. The van der Waals surface area contributed by atoms with E-state index in [2.05, 4.69) is 10.6 Å². The number of ether oxygens (including phenoxy) is 1. The molecule has 8 heteroatoms. The molecule has 2 rings (SSSR count). The van der Waals surface area contributed by atoms with Gasteiger partial charge in [-0.3, -0.25) is 4.79 Å². The summed E-state index contributed by atoms with van der Waals surface area (Å²) in [4.78, 5) is 12.8. The predicted octanol–water partition coefficient (Wildman–Crippen LogP) is 3.00. The summed E-state index contributed by atoms with van der Waals surface area (Å²) in [5.41, 5.74) is 2.98. The molecular weight excluding hydrogens is 378 g/mol. The highest BCUT2D eigenvalue weighted by Crippen LogP contribution is 2.26. The van der Waals surface area contributed by atoms with Crippen molar-refractivity contribution in [3.05, 3.63) is 47.5 Å². The van der Waals surface area contributed by atoms with E-state index in [4.69, 9.17) is 4.74 Å². The first-order chi connectivity index (χ1) is 13.1. The molecule has 2 aromatic carbocycles. The van der Waals surface area contributed by atoms with E-state index in [1.54, 1.807) is 20.1 Å². The van der Waals surface area contributed by atoms with Gasteiger partial charge in [0.05, 0.1) is 17.7 Å². The number of nitrogens with one attached hydrogen (secondary N) is 2. The van der Waals surface area contributed by atoms with Crippen molar-refractivity contribution in [2.24, 2.45) is 0 Å². The quantitative estimate of drug-likeness (QED) is 0.739. The first-order valence-electron chi connectivity index (χ1n) is 8.81. The van der Waals surface area contributed by atoms with Gasteiger partial charge in [0.1, 0.15) is 11.8 Å². The highest BCUT2D eigenvalue weighted by molar-refractivity contribution is 7.89. The van der Waals surface area contributed by atoms with Crippen LogP contribution in [-0.2, 0) is 14.8 Å². The Kier molecular flexibility index (Phi) is 6.69. The predicted molar refractivity (Wildman–Crippen MR) is 111 cm³/mol. The molecule has 0 aliphatic rings. The maximum absolute atomic E-state index is 12.7. The van der Waals surface area contributed by atoms with Crippen LogP contribution in [0.3, 0.4) is 0 Å². The summed E-state index contributed by atoms with van der Waals surface area (Å²) in [6.45, 7) is 5.49. The van der Waals surface area contributed by atoms with E-state index in [1.807, 2.05) is 32.0 Å². The number of benzene rings is 2. The van der Waals surface area contributed by atoms with Crippen LogP contribution in [0.2, 0.25) is 0 Å². The third kappa shape index (κ3) is 4.82. The Labute approximate surface area is 166 Å². The normalized spacial score (nSPS) is 12.5. The summed E-state index contributed by atoms with van der Waals surface area (Å²) in [5.74, 6) is 0.353. The van der Waals surface area contributed by atoms with Gasteiger partial charge in [-0.15, -0.1) is 0 Å². The van der Waals surface area contributed by atoms with Gasteiger partial charge in [0.25, 0.3) is 0 Å². The maximum atomic E-state index is 12.7. The van der Waals surface area contributed by atoms with Gasteiger partial charge >= 0.3 is 0 Å². The van der Waals surface area contributed by atoms with Crippen molar-refractivity contribution < 1.29 is 17.9 Å². The van der Waals surface area contributed by atoms with Crippen molar-refractivity contribution >= 4 is 27.3 Å². The van der Waals surface area contributed by atoms with Crippen LogP contribution < -0.4 is 15.4 Å². The van der Waals surface area contributed by atoms with Crippen LogP contribution in [0.4, 0.5) is 11.4 Å². The fourth-order valence-electron chi connectivity index (χ4n) is 2.58. The molecule has 1 amide bonds. The van der Waals surface area contributed by atoms with Crippen LogP contribution in [0.1, 0.15) is 18.1 Å². The summed E-state index contributed by atoms with van der Waals surface area (Å²) in [6, 6.07) is 9.77. The largest absolute Gasteiger partial charge is 0.495 e. The third-order valence-corrected chi connectivity index (χ3v) is 6.18. The number of methoxy groups -OCH3 is 1. The number of rotatable bonds is 7. The monoisotopic (exact) mass is 405 g/mol. The van der Waals surface area contributed by atoms with E-state index in [-0.39, 0.29) is 10.8 Å². The Bertz CT molecular complexity index is 971. The van der Waals surface area contributed by atoms with Crippen molar-refractivity contribution in [2.75, 3.05) is 31.8 Å². The van der Waals surface area contributed by atoms with E-state index in [0.29, 0.717) is 17.1 Å². The molecule has 7 nitrogen and oxygen atoms in total. The van der Waals surface area contributed by atoms with Crippen LogP contribution in [0.5, 0.6) is 5.75 Å². The van der Waals surface area contributed by atoms with Crippen molar-refractivity contribution in [3.63, 3.8) is 0 Å². The molecule has 2 aromatic rings. The van der Waals surface area contributed by atoms with E-state index < -0.39 is 16.1 Å². The molecule has 28 heavy (non-hydrogen) atoms. The molecule has 0 bridgehead atoms. The molecule has 0 spiro atoms. The highest BCUT2D eigenvalue weighted by atomic mass is 32.2. The number of hydrogen-bond donors (Lipinski definition) is 2. The summed E-state index contributed by atoms with van der Waals surface area (Å²) in [7, 11) is 0.919. The maximum Gasteiger partial charge on any atom is 0.246 e. The molecule has 0 radical (unpaired) electrons. The van der Waals surface area contributed by atoms with Gasteiger partial charge in [-0.2, -0.15) is 0 Å². The minimum atomic E-state index is -3.58. The second kappa shape index (κ2) is 8.62. The summed E-state index contributed by atoms with van der Waals surface area (Å²) in [6.07, 6.45) is 0. The van der Waals surface area contributed by atoms with Gasteiger partial charge in [0.15, 0.2) is 0 Å². The number of nitrogens with zero attached hydrogens (tertiary/aromatic N) is 1. The molecule has 2 N–H and O–H groups in total. The average Bonchev–Trinajstić information content (AvgIpc) is 2.63. The Morgan fingerprint density at radius 3 is 2.36 bits per heavy atom. The second-order valence-electron chi connectivity index (χ2n) is 6.82. The van der Waals surface area contributed by atoms with Gasteiger partial charge in [-0.1, -0.05) is 12.1 Å². The minimum absolute atomic E-state index is 0.124. The summed E-state index contributed by atoms with van der Waals surface area (Å²) >= 11 is 0. The van der Waals surface area contributed by atoms with Gasteiger partial charge in [-0.05, 0) is 56.2 Å². The third-order valence-electron chi connectivity index (χ3n) is 4.37. The summed E-state index contributed by atoms with van der Waals surface area (Å²) < 4.78 is 31.2. The standard InChI is InChI=1S/C20H27N3O4S/c1-13-7-10-19(27-6)18(11-13)21-15(3)20(24)22-17-12-16(9-8-14(17)2)28(25,26)23(4)5/h7-12,15,21H,1-6H3,(H,22,24). The van der Waals surface area contributed by atoms with Crippen molar-refractivity contribution in [2.45, 2.75) is 31.7 Å². The molecule has 0 heterocycles. The van der Waals surface area contributed by atoms with Crippen LogP contribution in [0, 0.1) is 13.8 Å². The lowest BCUT2D eigenvalue weighted by Crippen LogP contribution is -2.32. The fraction of sp³-hybridized carbons (Fsp3) is 0.350. The molecule has 1 unspecified atom stereocenters. The Morgan fingerprint density at radius 2 is 1.75 bits per heavy atom. The van der Waals surface area contributed by atoms with E-state index >= 15 is 0 Å². The molecule has 0 aliphatic carbocycles. The molecule has 0 fully saturated rings. The Hall–Kier alpha value is -2.58. The van der Waals surface area contributed by atoms with Crippen molar-refractivity contribution in [3.8, 4) is 5.75 Å². The summed E-state index contributed by atoms with van der Waals surface area (Å²) in [5, 5.41) is 5.95. The first-order valence-corrected chi connectivity index (χ1v) is 10.3. The first kappa shape index (κ1) is 21.7. The Balaban J connectivity index is 2.22. The van der Waals surface area contributed by atoms with E-state index in [0.717, 1.165) is 15.4 Å². The minimum Gasteiger partial charge on any atom is -0.495 e. The topological polar surface area (TPSA) is 87.7 Å². The van der Waals surface area contributed by atoms with Crippen LogP contribution >= 0.6 is 0 Å². The number of carbonyl (C=O) groups is 1. The van der Waals surface area contributed by atoms with Gasteiger partial charge in [0.2, 0.25) is 15.9 Å². The fourth-order valence-corrected chi connectivity index (χ4v) is 3.51. The second-order valence-corrected chi connectivity index (χ2v) is 8.98.